The van der Waals surface area contributed by atoms with Gasteiger partial charge in [-0.05, 0) is 30.4 Å². The van der Waals surface area contributed by atoms with Crippen molar-refractivity contribution in [2.75, 3.05) is 13.1 Å². The third kappa shape index (κ3) is 2.88. The number of aliphatic hydroxyl groups is 1. The number of hydrogen-bond acceptors (Lipinski definition) is 2. The van der Waals surface area contributed by atoms with Crippen LogP contribution in [0.15, 0.2) is 30.5 Å². The molecule has 0 aliphatic carbocycles. The Kier molecular flexibility index (Phi) is 4.21. The van der Waals surface area contributed by atoms with Crippen LogP contribution in [0.25, 0.3) is 10.9 Å². The highest BCUT2D eigenvalue weighted by Gasteiger charge is 2.27. The quantitative estimate of drug-likeness (QED) is 0.945. The van der Waals surface area contributed by atoms with Gasteiger partial charge in [-0.3, -0.25) is 4.79 Å². The predicted molar refractivity (Wildman–Crippen MR) is 87.6 cm³/mol. The summed E-state index contributed by atoms with van der Waals surface area (Å²) in [5.74, 6) is 0.445. The highest BCUT2D eigenvalue weighted by molar-refractivity contribution is 5.85. The molecule has 0 spiro atoms. The first-order chi connectivity index (χ1) is 10.6. The van der Waals surface area contributed by atoms with E-state index >= 15 is 0 Å². The molecule has 1 aromatic heterocycles. The largest absolute Gasteiger partial charge is 0.391 e. The SMILES string of the molecule is CC1CCN(C(=O)CCc2cn(C)c3ccccc23)CC1O. The molecule has 1 fully saturated rings. The number of para-hydroxylation sites is 1. The summed E-state index contributed by atoms with van der Waals surface area (Å²) in [5.41, 5.74) is 2.42. The van der Waals surface area contributed by atoms with E-state index in [1.54, 1.807) is 0 Å². The Labute approximate surface area is 131 Å². The first-order valence-corrected chi connectivity index (χ1v) is 8.05. The number of fused-ring (bicyclic) bond motifs is 1. The second-order valence-electron chi connectivity index (χ2n) is 6.46. The summed E-state index contributed by atoms with van der Waals surface area (Å²) in [5, 5.41) is 11.2. The van der Waals surface area contributed by atoms with Gasteiger partial charge >= 0.3 is 0 Å². The van der Waals surface area contributed by atoms with Crippen molar-refractivity contribution < 1.29 is 9.90 Å². The Morgan fingerprint density at radius 1 is 1.36 bits per heavy atom. The molecule has 1 amide bonds. The van der Waals surface area contributed by atoms with E-state index in [2.05, 4.69) is 22.9 Å². The molecule has 4 nitrogen and oxygen atoms in total. The minimum Gasteiger partial charge on any atom is -0.391 e. The lowest BCUT2D eigenvalue weighted by molar-refractivity contribution is -0.135. The van der Waals surface area contributed by atoms with Gasteiger partial charge in [-0.25, -0.2) is 0 Å². The summed E-state index contributed by atoms with van der Waals surface area (Å²) in [4.78, 5) is 14.2. The number of carbonyl (C=O) groups excluding carboxylic acids is 1. The Hall–Kier alpha value is -1.81. The van der Waals surface area contributed by atoms with Crippen LogP contribution in [-0.4, -0.2) is 39.7 Å². The van der Waals surface area contributed by atoms with Gasteiger partial charge in [0.15, 0.2) is 0 Å². The molecule has 22 heavy (non-hydrogen) atoms. The maximum Gasteiger partial charge on any atom is 0.222 e. The topological polar surface area (TPSA) is 45.5 Å². The molecular formula is C18H24N2O2. The smallest absolute Gasteiger partial charge is 0.222 e. The average molecular weight is 300 g/mol. The minimum absolute atomic E-state index is 0.152. The van der Waals surface area contributed by atoms with Crippen molar-refractivity contribution in [3.8, 4) is 0 Å². The van der Waals surface area contributed by atoms with E-state index in [1.165, 1.54) is 16.5 Å². The number of benzene rings is 1. The van der Waals surface area contributed by atoms with Crippen molar-refractivity contribution >= 4 is 16.8 Å². The number of rotatable bonds is 3. The predicted octanol–water partition coefficient (Wildman–Crippen LogP) is 2.34. The van der Waals surface area contributed by atoms with Crippen molar-refractivity contribution in [2.45, 2.75) is 32.3 Å². The Balaban J connectivity index is 1.65. The van der Waals surface area contributed by atoms with Crippen LogP contribution in [0.2, 0.25) is 0 Å². The standard InChI is InChI=1S/C18H24N2O2/c1-13-9-10-20(12-17(13)21)18(22)8-7-14-11-19(2)16-6-4-3-5-15(14)16/h3-6,11,13,17,21H,7-10,12H2,1-2H3. The van der Waals surface area contributed by atoms with E-state index in [1.807, 2.05) is 31.0 Å². The summed E-state index contributed by atoms with van der Waals surface area (Å²) in [6.45, 7) is 3.30. The first-order valence-electron chi connectivity index (χ1n) is 8.05. The van der Waals surface area contributed by atoms with Crippen molar-refractivity contribution in [3.63, 3.8) is 0 Å². The third-order valence-electron chi connectivity index (χ3n) is 4.86. The van der Waals surface area contributed by atoms with E-state index in [-0.39, 0.29) is 12.0 Å². The number of likely N-dealkylation sites (tertiary alicyclic amines) is 1. The molecule has 0 saturated carbocycles. The van der Waals surface area contributed by atoms with Gasteiger partial charge in [-0.1, -0.05) is 25.1 Å². The number of nitrogens with zero attached hydrogens (tertiary/aromatic N) is 2. The zero-order chi connectivity index (χ0) is 15.7. The fraction of sp³-hybridized carbons (Fsp3) is 0.500. The highest BCUT2D eigenvalue weighted by Crippen LogP contribution is 2.22. The van der Waals surface area contributed by atoms with Gasteiger partial charge in [0.2, 0.25) is 5.91 Å². The fourth-order valence-electron chi connectivity index (χ4n) is 3.30. The summed E-state index contributed by atoms with van der Waals surface area (Å²) in [6.07, 6.45) is 3.89. The van der Waals surface area contributed by atoms with Gasteiger partial charge in [0.05, 0.1) is 6.10 Å². The lowest BCUT2D eigenvalue weighted by Crippen LogP contribution is -2.45. The van der Waals surface area contributed by atoms with Gasteiger partial charge in [-0.15, -0.1) is 0 Å². The zero-order valence-corrected chi connectivity index (χ0v) is 13.3. The van der Waals surface area contributed by atoms with E-state index in [0.29, 0.717) is 18.9 Å². The van der Waals surface area contributed by atoms with Gasteiger partial charge in [0.25, 0.3) is 0 Å². The van der Waals surface area contributed by atoms with Crippen molar-refractivity contribution in [3.05, 3.63) is 36.0 Å². The average Bonchev–Trinajstić information content (AvgIpc) is 2.84. The molecule has 118 valence electrons. The molecule has 3 rings (SSSR count). The first kappa shape index (κ1) is 15.1. The highest BCUT2D eigenvalue weighted by atomic mass is 16.3. The second-order valence-corrected chi connectivity index (χ2v) is 6.46. The van der Waals surface area contributed by atoms with Crippen LogP contribution >= 0.6 is 0 Å². The van der Waals surface area contributed by atoms with Crippen LogP contribution in [0.3, 0.4) is 0 Å². The number of β-amino-alcohol motifs (C(OH)–C–C–N with tert-alkyl or cyclic N) is 1. The number of aryl methyl sites for hydroxylation is 2. The van der Waals surface area contributed by atoms with Gasteiger partial charge < -0.3 is 14.6 Å². The molecule has 1 aliphatic rings. The second kappa shape index (κ2) is 6.13. The maximum absolute atomic E-state index is 12.4. The molecule has 2 aromatic rings. The molecule has 0 bridgehead atoms. The van der Waals surface area contributed by atoms with E-state index in [4.69, 9.17) is 0 Å². The fourth-order valence-corrected chi connectivity index (χ4v) is 3.30. The third-order valence-corrected chi connectivity index (χ3v) is 4.86. The summed E-state index contributed by atoms with van der Waals surface area (Å²) in [6, 6.07) is 8.29. The molecule has 1 aromatic carbocycles. The van der Waals surface area contributed by atoms with Crippen LogP contribution in [-0.2, 0) is 18.3 Å². The molecule has 1 N–H and O–H groups in total. The number of hydrogen-bond donors (Lipinski definition) is 1. The lowest BCUT2D eigenvalue weighted by Gasteiger charge is -2.34. The van der Waals surface area contributed by atoms with E-state index in [0.717, 1.165) is 19.4 Å². The minimum atomic E-state index is -0.379. The van der Waals surface area contributed by atoms with Crippen molar-refractivity contribution in [1.29, 1.82) is 0 Å². The Morgan fingerprint density at radius 3 is 2.91 bits per heavy atom. The number of aliphatic hydroxyl groups excluding tert-OH is 1. The van der Waals surface area contributed by atoms with Gasteiger partial charge in [-0.2, -0.15) is 0 Å². The summed E-state index contributed by atoms with van der Waals surface area (Å²) < 4.78 is 2.11. The molecule has 1 aliphatic heterocycles. The van der Waals surface area contributed by atoms with E-state index in [9.17, 15) is 9.90 Å². The summed E-state index contributed by atoms with van der Waals surface area (Å²) >= 11 is 0. The van der Waals surface area contributed by atoms with Crippen LogP contribution in [0, 0.1) is 5.92 Å². The molecule has 2 heterocycles. The molecular weight excluding hydrogens is 276 g/mol. The van der Waals surface area contributed by atoms with Gasteiger partial charge in [0.1, 0.15) is 0 Å². The monoisotopic (exact) mass is 300 g/mol. The van der Waals surface area contributed by atoms with E-state index < -0.39 is 0 Å². The molecule has 4 heteroatoms. The number of aromatic nitrogens is 1. The Morgan fingerprint density at radius 2 is 2.14 bits per heavy atom. The van der Waals surface area contributed by atoms with Crippen LogP contribution in [0.5, 0.6) is 0 Å². The zero-order valence-electron chi connectivity index (χ0n) is 13.3. The van der Waals surface area contributed by atoms with Gasteiger partial charge in [0, 0.05) is 43.7 Å². The van der Waals surface area contributed by atoms with Crippen LogP contribution in [0.4, 0.5) is 0 Å². The number of amides is 1. The van der Waals surface area contributed by atoms with Crippen molar-refractivity contribution in [1.82, 2.24) is 9.47 Å². The normalized spacial score (nSPS) is 22.2. The van der Waals surface area contributed by atoms with Crippen molar-refractivity contribution in [2.24, 2.45) is 13.0 Å². The number of piperidine rings is 1. The molecule has 0 radical (unpaired) electrons. The van der Waals surface area contributed by atoms with Crippen LogP contribution < -0.4 is 0 Å². The number of carbonyl (C=O) groups is 1. The Bertz CT molecular complexity index is 677. The maximum atomic E-state index is 12.4. The lowest BCUT2D eigenvalue weighted by atomic mass is 9.95. The van der Waals surface area contributed by atoms with Crippen LogP contribution in [0.1, 0.15) is 25.3 Å². The summed E-state index contributed by atoms with van der Waals surface area (Å²) in [7, 11) is 2.04. The molecule has 2 unspecified atom stereocenters. The molecule has 2 atom stereocenters. The molecule has 1 saturated heterocycles.